The molecule has 0 fully saturated rings. The number of anilines is 1. The molecule has 0 aliphatic rings. The second-order valence-corrected chi connectivity index (χ2v) is 3.15. The summed E-state index contributed by atoms with van der Waals surface area (Å²) in [6.45, 7) is 0. The van der Waals surface area contributed by atoms with Gasteiger partial charge in [0.15, 0.2) is 4.90 Å². The summed E-state index contributed by atoms with van der Waals surface area (Å²) in [5, 5.41) is 7.57. The highest BCUT2D eigenvalue weighted by Crippen LogP contribution is 2.11. The molecule has 0 spiro atoms. The number of nitrogens with one attached hydrogen (secondary N) is 1. The molecule has 1 atom stereocenters. The molecule has 0 heterocycles. The highest BCUT2D eigenvalue weighted by Gasteiger charge is 2.03. The third-order valence-electron chi connectivity index (χ3n) is 1.31. The van der Waals surface area contributed by atoms with Gasteiger partial charge in [0.25, 0.3) is 0 Å². The van der Waals surface area contributed by atoms with E-state index in [1.165, 1.54) is 0 Å². The molecule has 1 aromatic rings. The summed E-state index contributed by atoms with van der Waals surface area (Å²) in [6, 6.07) is 6.47. The Hall–Kier alpha value is -1.04. The summed E-state index contributed by atoms with van der Waals surface area (Å²) in [4.78, 5) is 10.5. The minimum atomic E-state index is -1.46. The number of benzene rings is 1. The number of nitrogens with two attached hydrogens (primary N) is 1. The maximum atomic E-state index is 10.7. The standard InChI is InChI=1S/C7H8N2O2S/c8-12(11)7-3-1-6(2-4-7)9-5-10/h1-5H,8H2,(H,9,10). The quantitative estimate of drug-likeness (QED) is 0.521. The first kappa shape index (κ1) is 9.05. The van der Waals surface area contributed by atoms with E-state index < -0.39 is 11.4 Å². The molecule has 1 rings (SSSR count). The zero-order valence-corrected chi connectivity index (χ0v) is 7.01. The molecule has 5 heteroatoms. The van der Waals surface area contributed by atoms with Crippen LogP contribution in [0.4, 0.5) is 5.69 Å². The summed E-state index contributed by atoms with van der Waals surface area (Å²) >= 11 is -1.46. The Morgan fingerprint density at radius 1 is 1.42 bits per heavy atom. The molecule has 0 aliphatic heterocycles. The Bertz CT molecular complexity index is 261. The zero-order valence-electron chi connectivity index (χ0n) is 6.19. The molecule has 0 radical (unpaired) electrons. The van der Waals surface area contributed by atoms with Gasteiger partial charge in [0.05, 0.1) is 11.4 Å². The van der Waals surface area contributed by atoms with Gasteiger partial charge in [0.2, 0.25) is 6.41 Å². The fourth-order valence-electron chi connectivity index (χ4n) is 0.753. The number of hydrogen-bond donors (Lipinski definition) is 2. The summed E-state index contributed by atoms with van der Waals surface area (Å²) < 4.78 is 10.7. The van der Waals surface area contributed by atoms with Crippen LogP contribution in [0.5, 0.6) is 0 Å². The van der Waals surface area contributed by atoms with Gasteiger partial charge in [0, 0.05) is 5.69 Å². The van der Waals surface area contributed by atoms with Gasteiger partial charge in [-0.3, -0.25) is 4.79 Å². The minimum Gasteiger partial charge on any atom is -0.593 e. The molecule has 12 heavy (non-hydrogen) atoms. The number of amides is 1. The van der Waals surface area contributed by atoms with Crippen molar-refractivity contribution in [3.63, 3.8) is 0 Å². The van der Waals surface area contributed by atoms with Crippen LogP contribution in [-0.2, 0) is 16.2 Å². The monoisotopic (exact) mass is 184 g/mol. The second-order valence-electron chi connectivity index (χ2n) is 2.08. The minimum absolute atomic E-state index is 0.534. The van der Waals surface area contributed by atoms with Gasteiger partial charge in [-0.25, -0.2) is 0 Å². The van der Waals surface area contributed by atoms with Gasteiger partial charge in [-0.1, -0.05) is 0 Å². The Morgan fingerprint density at radius 2 is 2.00 bits per heavy atom. The molecule has 0 saturated carbocycles. The summed E-state index contributed by atoms with van der Waals surface area (Å²) in [5.74, 6) is 0. The lowest BCUT2D eigenvalue weighted by molar-refractivity contribution is -0.105. The molecular weight excluding hydrogens is 176 g/mol. The van der Waals surface area contributed by atoms with Crippen molar-refractivity contribution in [1.82, 2.24) is 0 Å². The van der Waals surface area contributed by atoms with Crippen molar-refractivity contribution in [1.29, 1.82) is 0 Å². The third-order valence-corrected chi connectivity index (χ3v) is 2.05. The van der Waals surface area contributed by atoms with Crippen molar-refractivity contribution < 1.29 is 9.35 Å². The normalized spacial score (nSPS) is 12.2. The van der Waals surface area contributed by atoms with Crippen LogP contribution < -0.4 is 10.5 Å². The fourth-order valence-corrected chi connectivity index (χ4v) is 1.16. The van der Waals surface area contributed by atoms with E-state index in [2.05, 4.69) is 5.32 Å². The fraction of sp³-hybridized carbons (Fsp3) is 0. The summed E-state index contributed by atoms with van der Waals surface area (Å²) in [6.07, 6.45) is 0.578. The number of carbonyl (C=O) groups is 1. The number of rotatable bonds is 3. The smallest absolute Gasteiger partial charge is 0.211 e. The van der Waals surface area contributed by atoms with E-state index in [0.717, 1.165) is 0 Å². The van der Waals surface area contributed by atoms with E-state index in [1.807, 2.05) is 0 Å². The van der Waals surface area contributed by atoms with Crippen LogP contribution in [0.3, 0.4) is 0 Å². The topological polar surface area (TPSA) is 78.2 Å². The van der Waals surface area contributed by atoms with E-state index in [1.54, 1.807) is 24.3 Å². The average molecular weight is 184 g/mol. The molecular formula is C7H8N2O2S. The van der Waals surface area contributed by atoms with E-state index in [0.29, 0.717) is 17.0 Å². The number of carbonyl (C=O) groups excluding carboxylic acids is 1. The van der Waals surface area contributed by atoms with Crippen LogP contribution >= 0.6 is 0 Å². The lowest BCUT2D eigenvalue weighted by Crippen LogP contribution is -2.11. The average Bonchev–Trinajstić information content (AvgIpc) is 2.06. The predicted molar refractivity (Wildman–Crippen MR) is 46.7 cm³/mol. The molecule has 0 bridgehead atoms. The highest BCUT2D eigenvalue weighted by molar-refractivity contribution is 7.89. The van der Waals surface area contributed by atoms with E-state index >= 15 is 0 Å². The first-order chi connectivity index (χ1) is 5.74. The first-order valence-electron chi connectivity index (χ1n) is 3.20. The molecule has 0 aromatic heterocycles. The van der Waals surface area contributed by atoms with Gasteiger partial charge >= 0.3 is 0 Å². The van der Waals surface area contributed by atoms with Crippen molar-refractivity contribution in [2.75, 3.05) is 5.32 Å². The predicted octanol–water partition coefficient (Wildman–Crippen LogP) is 0.236. The van der Waals surface area contributed by atoms with Crippen LogP contribution in [0.15, 0.2) is 29.2 Å². The third kappa shape index (κ3) is 2.23. The van der Waals surface area contributed by atoms with Crippen molar-refractivity contribution in [3.05, 3.63) is 24.3 Å². The van der Waals surface area contributed by atoms with Gasteiger partial charge in [-0.05, 0) is 24.3 Å². The van der Waals surface area contributed by atoms with Crippen molar-refractivity contribution in [2.24, 2.45) is 5.14 Å². The molecule has 3 N–H and O–H groups in total. The summed E-state index contributed by atoms with van der Waals surface area (Å²) in [5.41, 5.74) is 0.652. The Kier molecular flexibility index (Phi) is 3.09. The SMILES string of the molecule is N[S+]([O-])c1ccc(NC=O)cc1. The van der Waals surface area contributed by atoms with Crippen LogP contribution in [0.25, 0.3) is 0 Å². The lowest BCUT2D eigenvalue weighted by Gasteiger charge is -2.02. The van der Waals surface area contributed by atoms with Gasteiger partial charge in [-0.15, -0.1) is 5.14 Å². The molecule has 1 amide bonds. The van der Waals surface area contributed by atoms with Gasteiger partial charge in [0.1, 0.15) is 0 Å². The Balaban J connectivity index is 2.78. The molecule has 0 saturated heterocycles. The van der Waals surface area contributed by atoms with E-state index in [4.69, 9.17) is 5.14 Å². The first-order valence-corrected chi connectivity index (χ1v) is 4.42. The maximum absolute atomic E-state index is 10.7. The van der Waals surface area contributed by atoms with Crippen molar-refractivity contribution >= 4 is 23.5 Å². The molecule has 1 unspecified atom stereocenters. The molecule has 1 aromatic carbocycles. The number of hydrogen-bond acceptors (Lipinski definition) is 3. The molecule has 4 nitrogen and oxygen atoms in total. The van der Waals surface area contributed by atoms with Crippen molar-refractivity contribution in [2.45, 2.75) is 4.90 Å². The lowest BCUT2D eigenvalue weighted by atomic mass is 10.3. The van der Waals surface area contributed by atoms with Crippen molar-refractivity contribution in [3.8, 4) is 0 Å². The van der Waals surface area contributed by atoms with E-state index in [9.17, 15) is 9.35 Å². The molecule has 64 valence electrons. The Labute approximate surface area is 73.1 Å². The van der Waals surface area contributed by atoms with Gasteiger partial charge in [-0.2, -0.15) is 0 Å². The van der Waals surface area contributed by atoms with Crippen LogP contribution in [0.2, 0.25) is 0 Å². The van der Waals surface area contributed by atoms with E-state index in [-0.39, 0.29) is 0 Å². The maximum Gasteiger partial charge on any atom is 0.211 e. The van der Waals surface area contributed by atoms with Crippen LogP contribution in [0.1, 0.15) is 0 Å². The van der Waals surface area contributed by atoms with Crippen LogP contribution in [-0.4, -0.2) is 11.0 Å². The second kappa shape index (κ2) is 4.10. The summed E-state index contributed by atoms with van der Waals surface area (Å²) in [7, 11) is 0. The van der Waals surface area contributed by atoms with Gasteiger partial charge < -0.3 is 9.87 Å². The highest BCUT2D eigenvalue weighted by atomic mass is 32.2. The Morgan fingerprint density at radius 3 is 2.42 bits per heavy atom. The van der Waals surface area contributed by atoms with Crippen LogP contribution in [0, 0.1) is 0 Å². The molecule has 0 aliphatic carbocycles. The largest absolute Gasteiger partial charge is 0.593 e. The zero-order chi connectivity index (χ0) is 8.97.